The molecule has 27 heavy (non-hydrogen) atoms. The van der Waals surface area contributed by atoms with Gasteiger partial charge >= 0.3 is 0 Å². The Bertz CT molecular complexity index is 893. The lowest BCUT2D eigenvalue weighted by Crippen LogP contribution is -2.14. The second-order valence-corrected chi connectivity index (χ2v) is 7.81. The summed E-state index contributed by atoms with van der Waals surface area (Å²) in [5, 5.41) is 11.5. The first-order valence-electron chi connectivity index (χ1n) is 8.33. The van der Waals surface area contributed by atoms with Gasteiger partial charge in [-0.15, -0.1) is 10.2 Å². The van der Waals surface area contributed by atoms with Gasteiger partial charge in [-0.3, -0.25) is 4.79 Å². The Labute approximate surface area is 166 Å². The molecule has 3 rings (SSSR count). The largest absolute Gasteiger partial charge is 0.497 e. The summed E-state index contributed by atoms with van der Waals surface area (Å²) in [5.74, 6) is 1.45. The monoisotopic (exact) mass is 397 g/mol. The molecule has 2 aromatic carbocycles. The summed E-state index contributed by atoms with van der Waals surface area (Å²) in [4.78, 5) is 12.1. The average molecular weight is 398 g/mol. The Morgan fingerprint density at radius 1 is 1.15 bits per heavy atom. The molecule has 0 unspecified atom stereocenters. The number of anilines is 1. The van der Waals surface area contributed by atoms with Gasteiger partial charge in [-0.05, 0) is 23.3 Å². The van der Waals surface area contributed by atoms with Gasteiger partial charge in [-0.2, -0.15) is 0 Å². The maximum atomic E-state index is 12.1. The van der Waals surface area contributed by atoms with Gasteiger partial charge in [0.2, 0.25) is 11.0 Å². The Morgan fingerprint density at radius 2 is 1.93 bits per heavy atom. The van der Waals surface area contributed by atoms with Gasteiger partial charge in [-0.25, -0.2) is 0 Å². The number of amides is 1. The predicted molar refractivity (Wildman–Crippen MR) is 111 cm³/mol. The van der Waals surface area contributed by atoms with Gasteiger partial charge in [0, 0.05) is 5.75 Å². The van der Waals surface area contributed by atoms with E-state index in [0.29, 0.717) is 5.13 Å². The summed E-state index contributed by atoms with van der Waals surface area (Å²) < 4.78 is 5.94. The highest BCUT2D eigenvalue weighted by molar-refractivity contribution is 8.01. The van der Waals surface area contributed by atoms with Crippen LogP contribution in [0.25, 0.3) is 6.08 Å². The Balaban J connectivity index is 1.45. The first-order chi connectivity index (χ1) is 13.2. The third-order valence-corrected chi connectivity index (χ3v) is 5.51. The minimum atomic E-state index is -0.114. The number of benzene rings is 2. The van der Waals surface area contributed by atoms with Crippen LogP contribution >= 0.6 is 23.1 Å². The molecule has 1 N–H and O–H groups in total. The van der Waals surface area contributed by atoms with Crippen molar-refractivity contribution in [3.8, 4) is 5.75 Å². The number of carbonyl (C=O) groups excluding carboxylic acids is 1. The van der Waals surface area contributed by atoms with Crippen LogP contribution in [0.3, 0.4) is 0 Å². The molecule has 0 atom stereocenters. The average Bonchev–Trinajstić information content (AvgIpc) is 3.14. The summed E-state index contributed by atoms with van der Waals surface area (Å²) in [6.07, 6.45) is 4.45. The molecule has 0 fully saturated rings. The van der Waals surface area contributed by atoms with E-state index in [4.69, 9.17) is 4.74 Å². The molecule has 1 aromatic heterocycles. The summed E-state index contributed by atoms with van der Waals surface area (Å²) in [7, 11) is 1.62. The number of ether oxygens (including phenoxy) is 1. The highest BCUT2D eigenvalue weighted by Gasteiger charge is 2.09. The van der Waals surface area contributed by atoms with Gasteiger partial charge in [0.15, 0.2) is 4.34 Å². The van der Waals surface area contributed by atoms with Crippen LogP contribution in [-0.2, 0) is 11.2 Å². The van der Waals surface area contributed by atoms with Crippen LogP contribution < -0.4 is 10.1 Å². The van der Waals surface area contributed by atoms with E-state index in [1.165, 1.54) is 16.9 Å². The number of thioether (sulfide) groups is 1. The van der Waals surface area contributed by atoms with Gasteiger partial charge < -0.3 is 10.1 Å². The Morgan fingerprint density at radius 3 is 2.67 bits per heavy atom. The van der Waals surface area contributed by atoms with Crippen molar-refractivity contribution in [2.24, 2.45) is 0 Å². The number of nitrogens with zero attached hydrogens (tertiary/aromatic N) is 2. The van der Waals surface area contributed by atoms with Crippen LogP contribution in [-0.4, -0.2) is 29.0 Å². The molecule has 5 nitrogen and oxygen atoms in total. The van der Waals surface area contributed by atoms with Crippen molar-refractivity contribution in [2.75, 3.05) is 18.2 Å². The first-order valence-corrected chi connectivity index (χ1v) is 10.1. The van der Waals surface area contributed by atoms with Crippen LogP contribution in [0.5, 0.6) is 5.75 Å². The molecule has 0 saturated carbocycles. The van der Waals surface area contributed by atoms with Crippen LogP contribution in [0, 0.1) is 0 Å². The predicted octanol–water partition coefficient (Wildman–Crippen LogP) is 4.53. The zero-order valence-corrected chi connectivity index (χ0v) is 16.4. The number of aromatic nitrogens is 2. The third kappa shape index (κ3) is 6.23. The van der Waals surface area contributed by atoms with E-state index >= 15 is 0 Å². The van der Waals surface area contributed by atoms with Crippen molar-refractivity contribution in [2.45, 2.75) is 10.8 Å². The van der Waals surface area contributed by atoms with E-state index in [1.54, 1.807) is 18.9 Å². The maximum absolute atomic E-state index is 12.1. The van der Waals surface area contributed by atoms with Gasteiger partial charge in [0.1, 0.15) is 5.75 Å². The maximum Gasteiger partial charge on any atom is 0.230 e. The molecule has 1 amide bonds. The third-order valence-electron chi connectivity index (χ3n) is 3.59. The number of hydrogen-bond acceptors (Lipinski definition) is 6. The van der Waals surface area contributed by atoms with E-state index in [1.807, 2.05) is 42.5 Å². The summed E-state index contributed by atoms with van der Waals surface area (Å²) in [5.41, 5.74) is 2.08. The summed E-state index contributed by atoms with van der Waals surface area (Å²) >= 11 is 2.97. The van der Waals surface area contributed by atoms with Crippen LogP contribution in [0.4, 0.5) is 5.13 Å². The molecule has 3 aromatic rings. The van der Waals surface area contributed by atoms with Crippen LogP contribution in [0.15, 0.2) is 65.0 Å². The van der Waals surface area contributed by atoms with E-state index in [0.717, 1.165) is 21.4 Å². The number of hydrogen-bond donors (Lipinski definition) is 1. The lowest BCUT2D eigenvalue weighted by molar-refractivity contribution is -0.115. The number of carbonyl (C=O) groups is 1. The van der Waals surface area contributed by atoms with Gasteiger partial charge in [0.25, 0.3) is 0 Å². The van der Waals surface area contributed by atoms with Gasteiger partial charge in [-0.1, -0.05) is 77.7 Å². The smallest absolute Gasteiger partial charge is 0.230 e. The molecular formula is C20H19N3O2S2. The second kappa shape index (κ2) is 9.89. The van der Waals surface area contributed by atoms with Crippen molar-refractivity contribution >= 4 is 40.2 Å². The number of nitrogens with one attached hydrogen (secondary N) is 1. The van der Waals surface area contributed by atoms with E-state index in [9.17, 15) is 4.79 Å². The topological polar surface area (TPSA) is 64.1 Å². The molecular weight excluding hydrogens is 378 g/mol. The Hall–Kier alpha value is -2.64. The SMILES string of the molecule is COc1ccc(CC(=O)Nc2nnc(SC/C=C/c3ccccc3)s2)cc1. The van der Waals surface area contributed by atoms with Crippen molar-refractivity contribution < 1.29 is 9.53 Å². The van der Waals surface area contributed by atoms with Crippen molar-refractivity contribution in [1.29, 1.82) is 0 Å². The molecule has 0 aliphatic heterocycles. The lowest BCUT2D eigenvalue weighted by Gasteiger charge is -2.03. The molecule has 1 heterocycles. The van der Waals surface area contributed by atoms with Crippen molar-refractivity contribution in [3.05, 3.63) is 71.8 Å². The molecule has 0 spiro atoms. The summed E-state index contributed by atoms with van der Waals surface area (Å²) in [6, 6.07) is 17.6. The van der Waals surface area contributed by atoms with Crippen LogP contribution in [0.2, 0.25) is 0 Å². The van der Waals surface area contributed by atoms with E-state index in [-0.39, 0.29) is 12.3 Å². The normalized spacial score (nSPS) is 10.9. The molecule has 0 aliphatic carbocycles. The molecule has 0 radical (unpaired) electrons. The molecule has 138 valence electrons. The summed E-state index contributed by atoms with van der Waals surface area (Å²) in [6.45, 7) is 0. The minimum absolute atomic E-state index is 0.114. The standard InChI is InChI=1S/C20H19N3O2S2/c1-25-17-11-9-16(10-12-17)14-18(24)21-19-22-23-20(27-19)26-13-5-8-15-6-3-2-4-7-15/h2-12H,13-14H2,1H3,(H,21,22,24)/b8-5+. The fourth-order valence-electron chi connectivity index (χ4n) is 2.28. The van der Waals surface area contributed by atoms with Gasteiger partial charge in [0.05, 0.1) is 13.5 Å². The highest BCUT2D eigenvalue weighted by atomic mass is 32.2. The molecule has 7 heteroatoms. The molecule has 0 saturated heterocycles. The number of rotatable bonds is 8. The van der Waals surface area contributed by atoms with Crippen LogP contribution in [0.1, 0.15) is 11.1 Å². The molecule has 0 bridgehead atoms. The van der Waals surface area contributed by atoms with Crippen molar-refractivity contribution in [1.82, 2.24) is 10.2 Å². The minimum Gasteiger partial charge on any atom is -0.497 e. The second-order valence-electron chi connectivity index (χ2n) is 5.57. The quantitative estimate of drug-likeness (QED) is 0.447. The Kier molecular flexibility index (Phi) is 7.01. The zero-order valence-electron chi connectivity index (χ0n) is 14.8. The zero-order chi connectivity index (χ0) is 18.9. The van der Waals surface area contributed by atoms with E-state index in [2.05, 4.69) is 39.8 Å². The lowest BCUT2D eigenvalue weighted by atomic mass is 10.1. The molecule has 0 aliphatic rings. The fraction of sp³-hybridized carbons (Fsp3) is 0.150. The first kappa shape index (κ1) is 19.1. The fourth-order valence-corrected chi connectivity index (χ4v) is 3.88. The highest BCUT2D eigenvalue weighted by Crippen LogP contribution is 2.25. The van der Waals surface area contributed by atoms with Crippen molar-refractivity contribution in [3.63, 3.8) is 0 Å². The number of methoxy groups -OCH3 is 1. The van der Waals surface area contributed by atoms with E-state index < -0.39 is 0 Å².